The number of nitrogens with zero attached hydrogens (tertiary/aromatic N) is 3. The Hall–Kier alpha value is -1.68. The second-order valence-electron chi connectivity index (χ2n) is 3.80. The summed E-state index contributed by atoms with van der Waals surface area (Å²) in [7, 11) is 0. The average molecular weight is 229 g/mol. The number of thiophene rings is 1. The summed E-state index contributed by atoms with van der Waals surface area (Å²) in [6, 6.07) is 6.07. The Morgan fingerprint density at radius 2 is 2.19 bits per heavy atom. The maximum Gasteiger partial charge on any atom is 0.165 e. The second-order valence-corrected chi connectivity index (χ2v) is 4.69. The molecule has 0 saturated carbocycles. The number of imidazole rings is 1. The normalized spacial score (nSPS) is 11.1. The van der Waals surface area contributed by atoms with Crippen LogP contribution >= 0.6 is 11.3 Å². The number of rotatable bonds is 1. The van der Waals surface area contributed by atoms with Crippen molar-refractivity contribution in [3.8, 4) is 5.00 Å². The van der Waals surface area contributed by atoms with Gasteiger partial charge in [-0.15, -0.1) is 11.3 Å². The van der Waals surface area contributed by atoms with Crippen LogP contribution in [0.1, 0.15) is 11.4 Å². The summed E-state index contributed by atoms with van der Waals surface area (Å²) in [5.74, 6) is 0.982. The molecule has 0 fully saturated rings. The molecule has 0 amide bonds. The third-order valence-corrected chi connectivity index (χ3v) is 3.55. The minimum Gasteiger partial charge on any atom is -0.272 e. The van der Waals surface area contributed by atoms with Gasteiger partial charge >= 0.3 is 0 Å². The largest absolute Gasteiger partial charge is 0.272 e. The molecule has 0 aliphatic heterocycles. The predicted molar refractivity (Wildman–Crippen MR) is 66.2 cm³/mol. The Kier molecular flexibility index (Phi) is 2.04. The molecule has 3 rings (SSSR count). The number of pyridine rings is 1. The fourth-order valence-electron chi connectivity index (χ4n) is 1.82. The van der Waals surface area contributed by atoms with E-state index in [4.69, 9.17) is 0 Å². The van der Waals surface area contributed by atoms with Crippen molar-refractivity contribution < 1.29 is 0 Å². The third-order valence-electron chi connectivity index (χ3n) is 2.52. The van der Waals surface area contributed by atoms with Crippen molar-refractivity contribution in [2.45, 2.75) is 13.8 Å². The average Bonchev–Trinajstić information content (AvgIpc) is 2.80. The summed E-state index contributed by atoms with van der Waals surface area (Å²) in [5, 5.41) is 3.32. The molecule has 3 heterocycles. The highest BCUT2D eigenvalue weighted by molar-refractivity contribution is 7.12. The first-order valence-corrected chi connectivity index (χ1v) is 5.99. The Balaban J connectivity index is 2.34. The molecule has 0 spiro atoms. The lowest BCUT2D eigenvalue weighted by molar-refractivity contribution is 1.00. The zero-order valence-corrected chi connectivity index (χ0v) is 9.95. The van der Waals surface area contributed by atoms with E-state index in [1.54, 1.807) is 17.5 Å². The van der Waals surface area contributed by atoms with E-state index in [0.29, 0.717) is 0 Å². The van der Waals surface area contributed by atoms with E-state index in [1.807, 2.05) is 19.1 Å². The quantitative estimate of drug-likeness (QED) is 0.642. The number of hydrogen-bond donors (Lipinski definition) is 0. The molecule has 3 aromatic rings. The zero-order chi connectivity index (χ0) is 11.1. The molecule has 0 saturated heterocycles. The topological polar surface area (TPSA) is 30.7 Å². The molecule has 3 aromatic heterocycles. The number of aryl methyl sites for hydroxylation is 2. The van der Waals surface area contributed by atoms with Crippen LogP contribution in [0, 0.1) is 13.8 Å². The van der Waals surface area contributed by atoms with E-state index in [-0.39, 0.29) is 0 Å². The van der Waals surface area contributed by atoms with Gasteiger partial charge in [0.15, 0.2) is 5.65 Å². The molecule has 0 unspecified atom stereocenters. The lowest BCUT2D eigenvalue weighted by Crippen LogP contribution is -1.94. The van der Waals surface area contributed by atoms with Crippen LogP contribution < -0.4 is 0 Å². The Morgan fingerprint density at radius 3 is 2.94 bits per heavy atom. The van der Waals surface area contributed by atoms with Crippen LogP contribution in [0.4, 0.5) is 0 Å². The first kappa shape index (κ1) is 9.54. The van der Waals surface area contributed by atoms with Crippen molar-refractivity contribution in [2.75, 3.05) is 0 Å². The van der Waals surface area contributed by atoms with E-state index in [9.17, 15) is 0 Å². The molecule has 16 heavy (non-hydrogen) atoms. The minimum absolute atomic E-state index is 0.932. The molecular formula is C12H11N3S. The van der Waals surface area contributed by atoms with Gasteiger partial charge in [0, 0.05) is 6.20 Å². The molecule has 0 N–H and O–H groups in total. The van der Waals surface area contributed by atoms with Gasteiger partial charge in [-0.1, -0.05) is 0 Å². The van der Waals surface area contributed by atoms with Crippen LogP contribution in [0.5, 0.6) is 0 Å². The summed E-state index contributed by atoms with van der Waals surface area (Å²) in [6.45, 7) is 4.11. The summed E-state index contributed by atoms with van der Waals surface area (Å²) >= 11 is 1.72. The predicted octanol–water partition coefficient (Wildman–Crippen LogP) is 3.10. The smallest absolute Gasteiger partial charge is 0.165 e. The van der Waals surface area contributed by atoms with Gasteiger partial charge in [0.1, 0.15) is 16.3 Å². The SMILES string of the molecule is Cc1csc(-n2c(C)nc3cccnc32)c1. The maximum absolute atomic E-state index is 4.51. The van der Waals surface area contributed by atoms with Crippen molar-refractivity contribution in [1.29, 1.82) is 0 Å². The van der Waals surface area contributed by atoms with Crippen molar-refractivity contribution in [1.82, 2.24) is 14.5 Å². The van der Waals surface area contributed by atoms with Crippen molar-refractivity contribution in [3.05, 3.63) is 41.2 Å². The Labute approximate surface area is 97.4 Å². The minimum atomic E-state index is 0.932. The third kappa shape index (κ3) is 1.34. The highest BCUT2D eigenvalue weighted by Crippen LogP contribution is 2.24. The molecule has 0 aromatic carbocycles. The van der Waals surface area contributed by atoms with Gasteiger partial charge in [-0.3, -0.25) is 4.57 Å². The molecular weight excluding hydrogens is 218 g/mol. The van der Waals surface area contributed by atoms with Crippen molar-refractivity contribution in [2.24, 2.45) is 0 Å². The fourth-order valence-corrected chi connectivity index (χ4v) is 2.78. The Morgan fingerprint density at radius 1 is 1.31 bits per heavy atom. The van der Waals surface area contributed by atoms with Crippen LogP contribution in [0.3, 0.4) is 0 Å². The molecule has 0 bridgehead atoms. The van der Waals surface area contributed by atoms with Gasteiger partial charge in [0.2, 0.25) is 0 Å². The van der Waals surface area contributed by atoms with Gasteiger partial charge in [0.25, 0.3) is 0 Å². The van der Waals surface area contributed by atoms with Crippen LogP contribution in [0.2, 0.25) is 0 Å². The van der Waals surface area contributed by atoms with Crippen molar-refractivity contribution >= 4 is 22.5 Å². The van der Waals surface area contributed by atoms with E-state index in [2.05, 4.69) is 32.9 Å². The van der Waals surface area contributed by atoms with Gasteiger partial charge in [-0.05, 0) is 43.0 Å². The lowest BCUT2D eigenvalue weighted by atomic mass is 10.4. The van der Waals surface area contributed by atoms with Crippen LogP contribution in [-0.2, 0) is 0 Å². The molecule has 0 aliphatic rings. The Bertz CT molecular complexity index is 651. The summed E-state index contributed by atoms with van der Waals surface area (Å²) in [6.07, 6.45) is 1.81. The molecule has 80 valence electrons. The lowest BCUT2D eigenvalue weighted by Gasteiger charge is -2.01. The first-order chi connectivity index (χ1) is 7.75. The van der Waals surface area contributed by atoms with Gasteiger partial charge < -0.3 is 0 Å². The molecule has 4 heteroatoms. The van der Waals surface area contributed by atoms with Gasteiger partial charge in [-0.2, -0.15) is 0 Å². The van der Waals surface area contributed by atoms with E-state index in [0.717, 1.165) is 17.0 Å². The van der Waals surface area contributed by atoms with Gasteiger partial charge in [-0.25, -0.2) is 9.97 Å². The van der Waals surface area contributed by atoms with Crippen LogP contribution in [0.15, 0.2) is 29.8 Å². The standard InChI is InChI=1S/C12H11N3S/c1-8-6-11(16-7-8)15-9(2)14-10-4-3-5-13-12(10)15/h3-7H,1-2H3. The number of hydrogen-bond acceptors (Lipinski definition) is 3. The number of aromatic nitrogens is 3. The monoisotopic (exact) mass is 229 g/mol. The maximum atomic E-state index is 4.51. The fraction of sp³-hybridized carbons (Fsp3) is 0.167. The zero-order valence-electron chi connectivity index (χ0n) is 9.14. The number of fused-ring (bicyclic) bond motifs is 1. The molecule has 0 aliphatic carbocycles. The van der Waals surface area contributed by atoms with Gasteiger partial charge in [0.05, 0.1) is 0 Å². The van der Waals surface area contributed by atoms with E-state index >= 15 is 0 Å². The molecule has 3 nitrogen and oxygen atoms in total. The highest BCUT2D eigenvalue weighted by atomic mass is 32.1. The van der Waals surface area contributed by atoms with E-state index in [1.165, 1.54) is 10.6 Å². The van der Waals surface area contributed by atoms with Crippen LogP contribution in [0.25, 0.3) is 16.2 Å². The molecule has 0 atom stereocenters. The molecule has 0 radical (unpaired) electrons. The van der Waals surface area contributed by atoms with Crippen LogP contribution in [-0.4, -0.2) is 14.5 Å². The second kappa shape index (κ2) is 3.42. The van der Waals surface area contributed by atoms with Crippen molar-refractivity contribution in [3.63, 3.8) is 0 Å². The summed E-state index contributed by atoms with van der Waals surface area (Å²) in [5.41, 5.74) is 3.16. The van der Waals surface area contributed by atoms with E-state index < -0.39 is 0 Å². The summed E-state index contributed by atoms with van der Waals surface area (Å²) in [4.78, 5) is 8.90. The first-order valence-electron chi connectivity index (χ1n) is 5.11. The summed E-state index contributed by atoms with van der Waals surface area (Å²) < 4.78 is 2.10. The highest BCUT2D eigenvalue weighted by Gasteiger charge is 2.10.